The average Bonchev–Trinajstić information content (AvgIpc) is 4.01. The van der Waals surface area contributed by atoms with Crippen LogP contribution in [0.3, 0.4) is 0 Å². The van der Waals surface area contributed by atoms with Gasteiger partial charge in [-0.05, 0) is 65.2 Å². The highest BCUT2D eigenvalue weighted by molar-refractivity contribution is 5.73. The second-order valence-electron chi connectivity index (χ2n) is 21.3. The number of hydrogen-bond donors (Lipinski definition) is 4. The summed E-state index contributed by atoms with van der Waals surface area (Å²) in [5.41, 5.74) is -2.12. The smallest absolute Gasteiger partial charge is 0.338 e. The van der Waals surface area contributed by atoms with Crippen LogP contribution < -0.4 is 0 Å². The molecule has 0 aromatic carbocycles. The highest BCUT2D eigenvalue weighted by Gasteiger charge is 2.70. The lowest BCUT2D eigenvalue weighted by Crippen LogP contribution is -2.72. The lowest BCUT2D eigenvalue weighted by molar-refractivity contribution is -0.389. The van der Waals surface area contributed by atoms with E-state index in [4.69, 9.17) is 52.1 Å². The van der Waals surface area contributed by atoms with Gasteiger partial charge in [0, 0.05) is 77.5 Å². The molecular weight excluding hydrogens is 833 g/mol. The molecule has 1 spiro atoms. The SMILES string of the molecule is CO[C@@H]1[C@@H](C)[C@@]2(O[C@H](C[C@@H]3O[C@](O)([C@@H](O)C(=O)O)[C@@H](C)[C@H](OC)[C@@]3(C)OC)C[C@@H](OC)[C@H]2C)O[C@]1(C)[C@H]1CC[C@@H]([C@H]2CC[C@H]([C@H]3O[C@](C)(O)[C@H](C)[C@@H](OCC4CCCCC4)[C@@H]3C)O2)O1. The van der Waals surface area contributed by atoms with E-state index in [1.54, 1.807) is 35.0 Å². The van der Waals surface area contributed by atoms with Gasteiger partial charge in [0.15, 0.2) is 11.6 Å². The molecule has 0 amide bonds. The van der Waals surface area contributed by atoms with Gasteiger partial charge in [0.05, 0.1) is 67.1 Å². The molecule has 16 heteroatoms. The van der Waals surface area contributed by atoms with E-state index in [-0.39, 0.29) is 72.8 Å². The van der Waals surface area contributed by atoms with Gasteiger partial charge in [-0.3, -0.25) is 0 Å². The third kappa shape index (κ3) is 8.77. The molecule has 7 fully saturated rings. The molecule has 7 rings (SSSR count). The summed E-state index contributed by atoms with van der Waals surface area (Å²) in [4.78, 5) is 12.0. The van der Waals surface area contributed by atoms with Crippen LogP contribution in [-0.2, 0) is 56.9 Å². The molecule has 4 N–H and O–H groups in total. The Morgan fingerprint density at radius 3 is 2.00 bits per heavy atom. The van der Waals surface area contributed by atoms with Crippen LogP contribution in [0.2, 0.25) is 0 Å². The van der Waals surface area contributed by atoms with Gasteiger partial charge in [0.25, 0.3) is 0 Å². The number of rotatable bonds is 14. The average molecular weight is 915 g/mol. The van der Waals surface area contributed by atoms with Crippen LogP contribution in [0.15, 0.2) is 0 Å². The molecule has 7 aliphatic rings. The molecule has 370 valence electrons. The van der Waals surface area contributed by atoms with E-state index in [0.717, 1.165) is 19.3 Å². The minimum absolute atomic E-state index is 0.0309. The number of aliphatic carboxylic acids is 1. The maximum atomic E-state index is 12.0. The Labute approximate surface area is 380 Å². The van der Waals surface area contributed by atoms with E-state index in [2.05, 4.69) is 20.8 Å². The molecule has 6 heterocycles. The van der Waals surface area contributed by atoms with Crippen LogP contribution in [-0.4, -0.2) is 163 Å². The summed E-state index contributed by atoms with van der Waals surface area (Å²) in [5, 5.41) is 43.8. The molecule has 0 radical (unpaired) electrons. The van der Waals surface area contributed by atoms with Gasteiger partial charge in [0.1, 0.15) is 11.2 Å². The molecule has 0 aromatic heterocycles. The van der Waals surface area contributed by atoms with Crippen molar-refractivity contribution in [1.29, 1.82) is 0 Å². The summed E-state index contributed by atoms with van der Waals surface area (Å²) in [5.74, 6) is -7.81. The van der Waals surface area contributed by atoms with Crippen molar-refractivity contribution in [1.82, 2.24) is 0 Å². The fraction of sp³-hybridized carbons (Fsp3) is 0.979. The number of methoxy groups -OCH3 is 4. The highest BCUT2D eigenvalue weighted by atomic mass is 16.7. The molecule has 0 bridgehead atoms. The number of aliphatic hydroxyl groups is 3. The second-order valence-corrected chi connectivity index (χ2v) is 21.3. The van der Waals surface area contributed by atoms with Crippen molar-refractivity contribution in [3.8, 4) is 0 Å². The molecule has 22 atom stereocenters. The van der Waals surface area contributed by atoms with Gasteiger partial charge < -0.3 is 72.5 Å². The fourth-order valence-corrected chi connectivity index (χ4v) is 13.5. The van der Waals surface area contributed by atoms with Gasteiger partial charge >= 0.3 is 5.97 Å². The fourth-order valence-electron chi connectivity index (χ4n) is 13.5. The lowest BCUT2D eigenvalue weighted by atomic mass is 9.73. The van der Waals surface area contributed by atoms with Crippen LogP contribution in [0.4, 0.5) is 0 Å². The minimum Gasteiger partial charge on any atom is -0.479 e. The molecule has 1 aliphatic carbocycles. The number of carbonyl (C=O) groups is 1. The van der Waals surface area contributed by atoms with Crippen molar-refractivity contribution in [2.45, 2.75) is 228 Å². The minimum atomic E-state index is -2.49. The normalized spacial score (nSPS) is 52.0. The van der Waals surface area contributed by atoms with Gasteiger partial charge in [-0.15, -0.1) is 0 Å². The van der Waals surface area contributed by atoms with Crippen LogP contribution >= 0.6 is 0 Å². The Morgan fingerprint density at radius 2 is 1.38 bits per heavy atom. The van der Waals surface area contributed by atoms with Crippen molar-refractivity contribution < 1.29 is 77.3 Å². The van der Waals surface area contributed by atoms with E-state index in [1.807, 2.05) is 13.8 Å². The molecular formula is C48H82O16. The summed E-state index contributed by atoms with van der Waals surface area (Å²) < 4.78 is 72.0. The maximum Gasteiger partial charge on any atom is 0.338 e. The molecule has 6 saturated heterocycles. The standard InChI is InChI=1S/C48H82O16/c1-25-38(58-24-30-16-14-13-15-17-30)27(3)46(8,52)63-39(25)34-19-18-32(59-34)33-20-21-36(60-33)45(7)42(56-11)29(5)48(64-45)26(2)35(54-9)22-31(61-48)23-37-44(6,57-12)41(55-10)28(4)47(53,62-37)40(49)43(50)51/h25-42,49,52-53H,13-24H2,1-12H3,(H,50,51)/t25-,26+,27+,28-,29+,31-,32+,33-,34+,35+,36+,37-,38-,39-,40-,41-,42+,44-,45+,46-,47-,48-/m0/s1. The van der Waals surface area contributed by atoms with Crippen molar-refractivity contribution in [3.05, 3.63) is 0 Å². The first-order valence-corrected chi connectivity index (χ1v) is 24.3. The van der Waals surface area contributed by atoms with Crippen molar-refractivity contribution in [2.75, 3.05) is 35.0 Å². The zero-order valence-electron chi connectivity index (χ0n) is 40.6. The summed E-state index contributed by atoms with van der Waals surface area (Å²) >= 11 is 0. The second kappa shape index (κ2) is 19.4. The summed E-state index contributed by atoms with van der Waals surface area (Å²) in [6.07, 6.45) is 2.97. The van der Waals surface area contributed by atoms with E-state index in [9.17, 15) is 25.2 Å². The van der Waals surface area contributed by atoms with Crippen LogP contribution in [0.1, 0.15) is 126 Å². The Kier molecular flexibility index (Phi) is 15.4. The Bertz CT molecular complexity index is 1580. The third-order valence-corrected chi connectivity index (χ3v) is 17.6. The van der Waals surface area contributed by atoms with Gasteiger partial charge in [-0.1, -0.05) is 53.9 Å². The number of ether oxygens (including phenoxy) is 11. The molecule has 64 heavy (non-hydrogen) atoms. The number of carboxylic acid groups (broad SMARTS) is 1. The first kappa shape index (κ1) is 50.8. The molecule has 6 aliphatic heterocycles. The predicted molar refractivity (Wildman–Crippen MR) is 231 cm³/mol. The van der Waals surface area contributed by atoms with Gasteiger partial charge in [0.2, 0.25) is 11.9 Å². The summed E-state index contributed by atoms with van der Waals surface area (Å²) in [6.45, 7) is 16.2. The maximum absolute atomic E-state index is 12.0. The van der Waals surface area contributed by atoms with Crippen molar-refractivity contribution in [2.24, 2.45) is 35.5 Å². The van der Waals surface area contributed by atoms with Crippen molar-refractivity contribution >= 4 is 5.97 Å². The monoisotopic (exact) mass is 915 g/mol. The molecule has 1 saturated carbocycles. The largest absolute Gasteiger partial charge is 0.479 e. The van der Waals surface area contributed by atoms with E-state index >= 15 is 0 Å². The summed E-state index contributed by atoms with van der Waals surface area (Å²) in [7, 11) is 6.32. The zero-order chi connectivity index (χ0) is 46.7. The first-order valence-electron chi connectivity index (χ1n) is 24.3. The number of carboxylic acids is 1. The van der Waals surface area contributed by atoms with Crippen LogP contribution in [0.5, 0.6) is 0 Å². The number of aliphatic hydroxyl groups excluding tert-OH is 1. The van der Waals surface area contributed by atoms with Crippen LogP contribution in [0.25, 0.3) is 0 Å². The Balaban J connectivity index is 1.06. The Hall–Kier alpha value is -1.09. The molecule has 16 nitrogen and oxygen atoms in total. The van der Waals surface area contributed by atoms with Crippen molar-refractivity contribution in [3.63, 3.8) is 0 Å². The topological polar surface area (TPSA) is 200 Å². The van der Waals surface area contributed by atoms with E-state index < -0.39 is 71.0 Å². The first-order chi connectivity index (χ1) is 30.1. The van der Waals surface area contributed by atoms with E-state index in [0.29, 0.717) is 25.4 Å². The Morgan fingerprint density at radius 1 is 0.734 bits per heavy atom. The van der Waals surface area contributed by atoms with E-state index in [1.165, 1.54) is 46.3 Å². The van der Waals surface area contributed by atoms with Gasteiger partial charge in [-0.25, -0.2) is 4.79 Å². The quantitative estimate of drug-likeness (QED) is 0.182. The predicted octanol–water partition coefficient (Wildman–Crippen LogP) is 4.98. The number of hydrogen-bond acceptors (Lipinski definition) is 15. The zero-order valence-corrected chi connectivity index (χ0v) is 40.6. The van der Waals surface area contributed by atoms with Gasteiger partial charge in [-0.2, -0.15) is 0 Å². The van der Waals surface area contributed by atoms with Crippen LogP contribution in [0, 0.1) is 35.5 Å². The highest BCUT2D eigenvalue weighted by Crippen LogP contribution is 2.57. The summed E-state index contributed by atoms with van der Waals surface area (Å²) in [6, 6.07) is 0. The molecule has 0 aromatic rings. The third-order valence-electron chi connectivity index (χ3n) is 17.6. The molecule has 0 unspecified atom stereocenters. The lowest BCUT2D eigenvalue weighted by Gasteiger charge is -2.56.